The Morgan fingerprint density at radius 2 is 1.58 bits per heavy atom. The predicted octanol–water partition coefficient (Wildman–Crippen LogP) is 3.34. The zero-order chi connectivity index (χ0) is 17.1. The van der Waals surface area contributed by atoms with Gasteiger partial charge in [0.15, 0.2) is 0 Å². The van der Waals surface area contributed by atoms with Crippen LogP contribution in [-0.2, 0) is 6.54 Å². The van der Waals surface area contributed by atoms with Gasteiger partial charge in [-0.1, -0.05) is 6.07 Å². The fourth-order valence-electron chi connectivity index (χ4n) is 3.19. The van der Waals surface area contributed by atoms with Crippen molar-refractivity contribution >= 4 is 5.69 Å². The van der Waals surface area contributed by atoms with Crippen LogP contribution in [0.3, 0.4) is 0 Å². The van der Waals surface area contributed by atoms with Crippen molar-refractivity contribution in [1.29, 1.82) is 0 Å². The maximum atomic E-state index is 10.2. The topological polar surface area (TPSA) is 35.9 Å². The normalized spacial score (nSPS) is 15.5. The van der Waals surface area contributed by atoms with Crippen molar-refractivity contribution in [2.75, 3.05) is 38.2 Å². The number of aromatic hydroxyl groups is 1. The molecule has 4 heteroatoms. The Morgan fingerprint density at radius 3 is 2.21 bits per heavy atom. The van der Waals surface area contributed by atoms with E-state index < -0.39 is 0 Å². The van der Waals surface area contributed by atoms with E-state index in [9.17, 15) is 5.11 Å². The second-order valence-electron chi connectivity index (χ2n) is 6.53. The molecule has 1 fully saturated rings. The van der Waals surface area contributed by atoms with Gasteiger partial charge in [0, 0.05) is 44.0 Å². The molecule has 2 aromatic rings. The van der Waals surface area contributed by atoms with Gasteiger partial charge in [-0.15, -0.1) is 0 Å². The van der Waals surface area contributed by atoms with E-state index in [1.807, 2.05) is 25.1 Å². The minimum absolute atomic E-state index is 0.413. The third-order valence-corrected chi connectivity index (χ3v) is 4.90. The zero-order valence-corrected chi connectivity index (χ0v) is 14.7. The first-order valence-electron chi connectivity index (χ1n) is 8.47. The number of benzene rings is 2. The number of aryl methyl sites for hydroxylation is 2. The van der Waals surface area contributed by atoms with Gasteiger partial charge >= 0.3 is 0 Å². The highest BCUT2D eigenvalue weighted by atomic mass is 16.5. The van der Waals surface area contributed by atoms with Gasteiger partial charge in [0.1, 0.15) is 11.5 Å². The quantitative estimate of drug-likeness (QED) is 0.935. The van der Waals surface area contributed by atoms with Crippen molar-refractivity contribution in [3.8, 4) is 11.5 Å². The maximum Gasteiger partial charge on any atom is 0.120 e. The molecule has 0 atom stereocenters. The van der Waals surface area contributed by atoms with E-state index in [-0.39, 0.29) is 0 Å². The third-order valence-electron chi connectivity index (χ3n) is 4.90. The van der Waals surface area contributed by atoms with Gasteiger partial charge in [-0.2, -0.15) is 0 Å². The molecule has 0 radical (unpaired) electrons. The van der Waals surface area contributed by atoms with E-state index in [4.69, 9.17) is 4.74 Å². The summed E-state index contributed by atoms with van der Waals surface area (Å²) in [7, 11) is 1.69. The average molecular weight is 326 g/mol. The van der Waals surface area contributed by atoms with Crippen LogP contribution in [-0.4, -0.2) is 43.3 Å². The molecule has 0 unspecified atom stereocenters. The second-order valence-corrected chi connectivity index (χ2v) is 6.53. The average Bonchev–Trinajstić information content (AvgIpc) is 2.60. The lowest BCUT2D eigenvalue weighted by Gasteiger charge is -2.36. The maximum absolute atomic E-state index is 10.2. The van der Waals surface area contributed by atoms with Gasteiger partial charge in [-0.25, -0.2) is 0 Å². The molecule has 1 saturated heterocycles. The molecule has 4 nitrogen and oxygen atoms in total. The fourth-order valence-corrected chi connectivity index (χ4v) is 3.19. The summed E-state index contributed by atoms with van der Waals surface area (Å²) in [5.74, 6) is 1.30. The Bertz CT molecular complexity index is 690. The van der Waals surface area contributed by atoms with Crippen molar-refractivity contribution in [3.05, 3.63) is 53.1 Å². The molecule has 0 bridgehead atoms. The lowest BCUT2D eigenvalue weighted by molar-refractivity contribution is 0.246. The number of hydrogen-bond donors (Lipinski definition) is 1. The molecule has 3 rings (SSSR count). The van der Waals surface area contributed by atoms with Crippen LogP contribution in [0.1, 0.15) is 16.7 Å². The van der Waals surface area contributed by atoms with Crippen LogP contribution in [0.5, 0.6) is 11.5 Å². The van der Waals surface area contributed by atoms with Crippen molar-refractivity contribution in [2.45, 2.75) is 20.4 Å². The Kier molecular flexibility index (Phi) is 4.95. The number of rotatable bonds is 4. The van der Waals surface area contributed by atoms with E-state index in [0.717, 1.165) is 49.6 Å². The van der Waals surface area contributed by atoms with Crippen LogP contribution in [0.15, 0.2) is 36.4 Å². The molecule has 0 saturated carbocycles. The van der Waals surface area contributed by atoms with Crippen LogP contribution >= 0.6 is 0 Å². The van der Waals surface area contributed by atoms with E-state index in [1.165, 1.54) is 11.3 Å². The van der Waals surface area contributed by atoms with Gasteiger partial charge in [0.05, 0.1) is 7.11 Å². The highest BCUT2D eigenvalue weighted by molar-refractivity contribution is 5.49. The molecule has 1 aliphatic heterocycles. The fraction of sp³-hybridized carbons (Fsp3) is 0.400. The summed E-state index contributed by atoms with van der Waals surface area (Å²) in [4.78, 5) is 4.81. The van der Waals surface area contributed by atoms with Gasteiger partial charge in [0.2, 0.25) is 0 Å². The zero-order valence-electron chi connectivity index (χ0n) is 14.7. The van der Waals surface area contributed by atoms with E-state index in [1.54, 1.807) is 7.11 Å². The molecule has 0 amide bonds. The third kappa shape index (κ3) is 3.65. The first-order valence-corrected chi connectivity index (χ1v) is 8.47. The molecule has 24 heavy (non-hydrogen) atoms. The van der Waals surface area contributed by atoms with E-state index in [0.29, 0.717) is 5.75 Å². The number of phenols is 1. The number of piperazine rings is 1. The van der Waals surface area contributed by atoms with Gasteiger partial charge < -0.3 is 14.7 Å². The molecular formula is C20H26N2O2. The summed E-state index contributed by atoms with van der Waals surface area (Å²) in [6, 6.07) is 12.2. The number of ether oxygens (including phenoxy) is 1. The van der Waals surface area contributed by atoms with Crippen molar-refractivity contribution in [1.82, 2.24) is 4.90 Å². The smallest absolute Gasteiger partial charge is 0.120 e. The van der Waals surface area contributed by atoms with Crippen LogP contribution in [0, 0.1) is 13.8 Å². The Hall–Kier alpha value is -2.20. The first-order chi connectivity index (χ1) is 11.6. The molecule has 1 heterocycles. The summed E-state index contributed by atoms with van der Waals surface area (Å²) < 4.78 is 5.22. The van der Waals surface area contributed by atoms with Gasteiger partial charge in [0.25, 0.3) is 0 Å². The summed E-state index contributed by atoms with van der Waals surface area (Å²) in [5.41, 5.74) is 4.64. The summed E-state index contributed by atoms with van der Waals surface area (Å²) >= 11 is 0. The minimum atomic E-state index is 0.413. The molecule has 0 aliphatic carbocycles. The summed E-state index contributed by atoms with van der Waals surface area (Å²) in [6.45, 7) is 8.93. The molecule has 128 valence electrons. The van der Waals surface area contributed by atoms with Crippen molar-refractivity contribution in [2.24, 2.45) is 0 Å². The van der Waals surface area contributed by atoms with Crippen LogP contribution in [0.2, 0.25) is 0 Å². The monoisotopic (exact) mass is 326 g/mol. The van der Waals surface area contributed by atoms with E-state index in [2.05, 4.69) is 34.9 Å². The molecular weight excluding hydrogens is 300 g/mol. The van der Waals surface area contributed by atoms with Gasteiger partial charge in [-0.3, -0.25) is 4.90 Å². The summed E-state index contributed by atoms with van der Waals surface area (Å²) in [5, 5.41) is 10.2. The molecule has 1 N–H and O–H groups in total. The number of methoxy groups -OCH3 is 1. The lowest BCUT2D eigenvalue weighted by atomic mass is 10.0. The highest BCUT2D eigenvalue weighted by Crippen LogP contribution is 2.25. The molecule has 0 spiro atoms. The largest absolute Gasteiger partial charge is 0.508 e. The second kappa shape index (κ2) is 7.14. The molecule has 0 aromatic heterocycles. The number of hydrogen-bond acceptors (Lipinski definition) is 4. The minimum Gasteiger partial charge on any atom is -0.508 e. The van der Waals surface area contributed by atoms with Crippen LogP contribution < -0.4 is 9.64 Å². The number of phenolic OH excluding ortho intramolecular Hbond substituents is 1. The highest BCUT2D eigenvalue weighted by Gasteiger charge is 2.18. The standard InChI is InChI=1S/C20H26N2O2/c1-15-12-17(20(23)13-16(15)2)14-21-8-10-22(11-9-21)18-4-6-19(24-3)7-5-18/h4-7,12-13,23H,8-11,14H2,1-3H3. The van der Waals surface area contributed by atoms with E-state index >= 15 is 0 Å². The van der Waals surface area contributed by atoms with Crippen LogP contribution in [0.25, 0.3) is 0 Å². The summed E-state index contributed by atoms with van der Waals surface area (Å²) in [6.07, 6.45) is 0. The van der Waals surface area contributed by atoms with Gasteiger partial charge in [-0.05, 0) is 55.3 Å². The number of anilines is 1. The van der Waals surface area contributed by atoms with Crippen molar-refractivity contribution < 1.29 is 9.84 Å². The lowest BCUT2D eigenvalue weighted by Crippen LogP contribution is -2.45. The first kappa shape index (κ1) is 16.7. The Morgan fingerprint density at radius 1 is 0.958 bits per heavy atom. The van der Waals surface area contributed by atoms with Crippen molar-refractivity contribution in [3.63, 3.8) is 0 Å². The van der Waals surface area contributed by atoms with Crippen LogP contribution in [0.4, 0.5) is 5.69 Å². The predicted molar refractivity (Wildman–Crippen MR) is 98.1 cm³/mol. The number of nitrogens with zero attached hydrogens (tertiary/aromatic N) is 2. The molecule has 1 aliphatic rings. The Labute approximate surface area is 144 Å². The molecule has 2 aromatic carbocycles. The SMILES string of the molecule is COc1ccc(N2CCN(Cc3cc(C)c(C)cc3O)CC2)cc1. The Balaban J connectivity index is 1.60.